The Morgan fingerprint density at radius 2 is 1.08 bits per heavy atom. The van der Waals surface area contributed by atoms with E-state index in [2.05, 4.69) is 18.9 Å². The average molecular weight is 745 g/mol. The lowest BCUT2D eigenvalue weighted by Crippen LogP contribution is -2.70. The third kappa shape index (κ3) is 9.18. The zero-order valence-corrected chi connectivity index (χ0v) is 29.0. The third-order valence-corrected chi connectivity index (χ3v) is 7.85. The molecule has 0 aromatic rings. The molecule has 2 atom stereocenters. The second-order valence-electron chi connectivity index (χ2n) is 14.2. The Balaban J connectivity index is 0.000000983. The van der Waals surface area contributed by atoms with Gasteiger partial charge in [-0.25, -0.2) is 4.79 Å². The molecule has 1 heterocycles. The fraction of sp³-hybridized carbons (Fsp3) is 0.897. The van der Waals surface area contributed by atoms with Crippen molar-refractivity contribution in [2.24, 2.45) is 10.8 Å². The van der Waals surface area contributed by atoms with Gasteiger partial charge in [-0.15, -0.1) is 0 Å². The predicted molar refractivity (Wildman–Crippen MR) is 147 cm³/mol. The maximum absolute atomic E-state index is 15.0. The van der Waals surface area contributed by atoms with E-state index in [0.29, 0.717) is 20.8 Å². The Morgan fingerprint density at radius 1 is 0.694 bits per heavy atom. The lowest BCUT2D eigenvalue weighted by molar-refractivity contribution is -0.409. The molecule has 1 saturated heterocycles. The Morgan fingerprint density at radius 3 is 1.41 bits per heavy atom. The van der Waals surface area contributed by atoms with Gasteiger partial charge in [-0.1, -0.05) is 13.8 Å². The quantitative estimate of drug-likeness (QED) is 0.149. The first-order valence-corrected chi connectivity index (χ1v) is 14.5. The fourth-order valence-corrected chi connectivity index (χ4v) is 3.58. The topological polar surface area (TPSA) is 118 Å². The monoisotopic (exact) mass is 744 g/mol. The number of rotatable bonds is 8. The number of halogens is 11. The lowest BCUT2D eigenvalue weighted by Gasteiger charge is -2.44. The Bertz CT molecular complexity index is 1190. The molecule has 0 aliphatic carbocycles. The molecule has 20 heteroatoms. The summed E-state index contributed by atoms with van der Waals surface area (Å²) in [6.07, 6.45) is -19.7. The number of alkyl halides is 11. The maximum Gasteiger partial charge on any atom is 0.511 e. The van der Waals surface area contributed by atoms with Crippen LogP contribution in [0.15, 0.2) is 0 Å². The third-order valence-electron chi connectivity index (χ3n) is 7.85. The van der Waals surface area contributed by atoms with E-state index in [1.807, 2.05) is 0 Å². The van der Waals surface area contributed by atoms with Gasteiger partial charge in [0, 0.05) is 0 Å². The van der Waals surface area contributed by atoms with Gasteiger partial charge in [-0.3, -0.25) is 9.59 Å². The summed E-state index contributed by atoms with van der Waals surface area (Å²) in [5.74, 6) is -12.0. The van der Waals surface area contributed by atoms with Crippen molar-refractivity contribution in [2.75, 3.05) is 6.61 Å². The van der Waals surface area contributed by atoms with Crippen LogP contribution in [-0.4, -0.2) is 82.5 Å². The highest BCUT2D eigenvalue weighted by Crippen LogP contribution is 2.57. The van der Waals surface area contributed by atoms with E-state index in [4.69, 9.17) is 4.74 Å². The summed E-state index contributed by atoms with van der Waals surface area (Å²) in [6.45, 7) is 12.4. The van der Waals surface area contributed by atoms with Gasteiger partial charge in [-0.2, -0.15) is 48.3 Å². The van der Waals surface area contributed by atoms with E-state index in [1.165, 1.54) is 55.4 Å². The van der Waals surface area contributed by atoms with Crippen LogP contribution >= 0.6 is 0 Å². The van der Waals surface area contributed by atoms with Crippen molar-refractivity contribution < 1.29 is 91.5 Å². The first kappa shape index (κ1) is 46.4. The average Bonchev–Trinajstić information content (AvgIpc) is 3.06. The second-order valence-corrected chi connectivity index (χ2v) is 14.2. The van der Waals surface area contributed by atoms with Crippen LogP contribution in [0.5, 0.6) is 0 Å². The minimum absolute atomic E-state index is 0.137. The Labute approximate surface area is 276 Å². The van der Waals surface area contributed by atoms with Gasteiger partial charge < -0.3 is 28.8 Å². The number of aliphatic hydroxyl groups is 1. The summed E-state index contributed by atoms with van der Waals surface area (Å²) >= 11 is 0. The van der Waals surface area contributed by atoms with Crippen LogP contribution in [0.3, 0.4) is 0 Å². The molecule has 290 valence electrons. The van der Waals surface area contributed by atoms with Gasteiger partial charge in [-0.05, 0) is 82.1 Å². The van der Waals surface area contributed by atoms with Gasteiger partial charge in [0.05, 0.1) is 17.4 Å². The number of carbonyl (C=O) groups is 3. The molecule has 0 aromatic heterocycles. The second kappa shape index (κ2) is 13.8. The predicted octanol–water partition coefficient (Wildman–Crippen LogP) is 8.20. The van der Waals surface area contributed by atoms with E-state index < -0.39 is 88.2 Å². The first-order valence-electron chi connectivity index (χ1n) is 14.5. The number of carbonyl (C=O) groups excluding carboxylic acids is 3. The molecule has 1 rings (SSSR count). The smallest absolute Gasteiger partial charge is 0.455 e. The van der Waals surface area contributed by atoms with Crippen LogP contribution in [0.2, 0.25) is 0 Å². The largest absolute Gasteiger partial charge is 0.511 e. The number of ether oxygens (including phenoxy) is 5. The minimum atomic E-state index is -6.06. The molecule has 0 spiro atoms. The molecule has 1 fully saturated rings. The van der Waals surface area contributed by atoms with Crippen molar-refractivity contribution >= 4 is 18.1 Å². The standard InChI is InChI=1S/C17H25F5O6.C12H18F6O3/c1-8-13(5,6)10(23)26-14(7)9-25-16(15(14,18)19,17(20,21)22)28-11(24)27-12(2,3)4;1-6-8(2,3)7(19)21-9(4,5)10(20,11(13,14)15)12(16,17)18/h8-9H2,1-7H3;20H,6H2,1-5H3. The molecule has 49 heavy (non-hydrogen) atoms. The van der Waals surface area contributed by atoms with Crippen molar-refractivity contribution in [3.8, 4) is 0 Å². The molecule has 1 aliphatic heterocycles. The van der Waals surface area contributed by atoms with E-state index in [-0.39, 0.29) is 12.8 Å². The Hall–Kier alpha value is -2.64. The van der Waals surface area contributed by atoms with Crippen LogP contribution in [-0.2, 0) is 33.3 Å². The number of hydrogen-bond acceptors (Lipinski definition) is 9. The zero-order valence-electron chi connectivity index (χ0n) is 29.0. The first-order chi connectivity index (χ1) is 21.2. The van der Waals surface area contributed by atoms with Crippen molar-refractivity contribution in [2.45, 2.75) is 149 Å². The highest BCUT2D eigenvalue weighted by molar-refractivity contribution is 5.77. The SMILES string of the molecule is CCC(C)(C)C(=O)OC(C)(C)C(O)(C(F)(F)F)C(F)(F)F.CCC(C)(C)C(=O)OC1(C)COC(OC(=O)OC(C)(C)C)(C(F)(F)F)C1(F)F. The molecule has 0 bridgehead atoms. The van der Waals surface area contributed by atoms with E-state index in [9.17, 15) is 67.8 Å². The molecule has 1 N–H and O–H groups in total. The Kier molecular flexibility index (Phi) is 13.1. The van der Waals surface area contributed by atoms with Crippen LogP contribution in [0, 0.1) is 10.8 Å². The van der Waals surface area contributed by atoms with Crippen LogP contribution in [0.1, 0.15) is 95.9 Å². The van der Waals surface area contributed by atoms with Gasteiger partial charge in [0.15, 0.2) is 5.60 Å². The minimum Gasteiger partial charge on any atom is -0.455 e. The number of esters is 2. The number of hydrogen-bond donors (Lipinski definition) is 1. The summed E-state index contributed by atoms with van der Waals surface area (Å²) in [5, 5.41) is 9.27. The molecule has 0 saturated carbocycles. The normalized spacial score (nSPS) is 22.4. The highest BCUT2D eigenvalue weighted by Gasteiger charge is 2.86. The molecule has 2 unspecified atom stereocenters. The van der Waals surface area contributed by atoms with E-state index >= 15 is 0 Å². The molecule has 9 nitrogen and oxygen atoms in total. The summed E-state index contributed by atoms with van der Waals surface area (Å²) in [5.41, 5.74) is -15.3. The molecule has 0 aromatic carbocycles. The zero-order chi connectivity index (χ0) is 39.9. The lowest BCUT2D eigenvalue weighted by atomic mass is 9.83. The molecular formula is C29H43F11O9. The van der Waals surface area contributed by atoms with Crippen molar-refractivity contribution in [3.05, 3.63) is 0 Å². The molecule has 0 amide bonds. The van der Waals surface area contributed by atoms with E-state index in [1.54, 1.807) is 6.92 Å². The summed E-state index contributed by atoms with van der Waals surface area (Å²) in [7, 11) is 0. The maximum atomic E-state index is 15.0. The van der Waals surface area contributed by atoms with Crippen molar-refractivity contribution in [1.82, 2.24) is 0 Å². The highest BCUT2D eigenvalue weighted by atomic mass is 19.4. The van der Waals surface area contributed by atoms with Gasteiger partial charge in [0.1, 0.15) is 5.60 Å². The van der Waals surface area contributed by atoms with Gasteiger partial charge in [0.25, 0.3) is 5.60 Å². The molecule has 0 radical (unpaired) electrons. The molecular weight excluding hydrogens is 701 g/mol. The fourth-order valence-electron chi connectivity index (χ4n) is 3.58. The molecule has 1 aliphatic rings. The summed E-state index contributed by atoms with van der Waals surface area (Å²) in [4.78, 5) is 35.7. The van der Waals surface area contributed by atoms with Crippen LogP contribution in [0.25, 0.3) is 0 Å². The summed E-state index contributed by atoms with van der Waals surface area (Å²) < 4.78 is 169. The van der Waals surface area contributed by atoms with Crippen molar-refractivity contribution in [1.29, 1.82) is 0 Å². The van der Waals surface area contributed by atoms with Crippen LogP contribution in [0.4, 0.5) is 53.1 Å². The summed E-state index contributed by atoms with van der Waals surface area (Å²) in [6, 6.07) is 0. The van der Waals surface area contributed by atoms with Crippen molar-refractivity contribution in [3.63, 3.8) is 0 Å². The van der Waals surface area contributed by atoms with Gasteiger partial charge >= 0.3 is 48.3 Å². The van der Waals surface area contributed by atoms with Gasteiger partial charge in [0.2, 0.25) is 5.60 Å². The van der Waals surface area contributed by atoms with E-state index in [0.717, 1.165) is 0 Å². The van der Waals surface area contributed by atoms with Crippen LogP contribution < -0.4 is 0 Å².